The van der Waals surface area contributed by atoms with E-state index in [2.05, 4.69) is 0 Å². The Kier molecular flexibility index (Phi) is 6.24. The normalized spacial score (nSPS) is 22.3. The van der Waals surface area contributed by atoms with Gasteiger partial charge in [-0.1, -0.05) is 12.1 Å². The summed E-state index contributed by atoms with van der Waals surface area (Å²) >= 11 is 0. The van der Waals surface area contributed by atoms with E-state index in [4.69, 9.17) is 18.9 Å². The van der Waals surface area contributed by atoms with Crippen LogP contribution in [0.5, 0.6) is 23.0 Å². The predicted molar refractivity (Wildman–Crippen MR) is 130 cm³/mol. The third-order valence-corrected chi connectivity index (χ3v) is 7.61. The van der Waals surface area contributed by atoms with Gasteiger partial charge >= 0.3 is 0 Å². The molecule has 36 heavy (non-hydrogen) atoms. The maximum atomic E-state index is 13.8. The second kappa shape index (κ2) is 9.37. The van der Waals surface area contributed by atoms with Crippen LogP contribution in [-0.2, 0) is 16.0 Å². The number of ketones is 1. The summed E-state index contributed by atoms with van der Waals surface area (Å²) < 4.78 is 21.6. The fourth-order valence-corrected chi connectivity index (χ4v) is 6.04. The van der Waals surface area contributed by atoms with Crippen molar-refractivity contribution < 1.29 is 33.3 Å². The summed E-state index contributed by atoms with van der Waals surface area (Å²) in [6.45, 7) is 0.562. The highest BCUT2D eigenvalue weighted by atomic mass is 16.5. The van der Waals surface area contributed by atoms with E-state index in [1.54, 1.807) is 7.11 Å². The first-order valence-corrected chi connectivity index (χ1v) is 12.1. The lowest BCUT2D eigenvalue weighted by molar-refractivity contribution is -0.164. The molecule has 3 atom stereocenters. The van der Waals surface area contributed by atoms with Crippen LogP contribution in [0.4, 0.5) is 0 Å². The van der Waals surface area contributed by atoms with Crippen molar-refractivity contribution in [2.24, 2.45) is 0 Å². The van der Waals surface area contributed by atoms with Gasteiger partial charge in [0.1, 0.15) is 11.8 Å². The average molecular weight is 495 g/mol. The minimum absolute atomic E-state index is 0.101. The Labute approximate surface area is 209 Å². The van der Waals surface area contributed by atoms with E-state index in [0.717, 1.165) is 23.3 Å². The zero-order valence-corrected chi connectivity index (χ0v) is 20.9. The molecule has 0 saturated carbocycles. The van der Waals surface area contributed by atoms with Gasteiger partial charge in [-0.3, -0.25) is 14.4 Å². The molecule has 0 spiro atoms. The van der Waals surface area contributed by atoms with E-state index < -0.39 is 17.7 Å². The van der Waals surface area contributed by atoms with Gasteiger partial charge in [0.05, 0.1) is 40.5 Å². The number of rotatable bonds is 6. The predicted octanol–water partition coefficient (Wildman–Crippen LogP) is 2.79. The Bertz CT molecular complexity index is 1200. The minimum atomic E-state index is -0.714. The smallest absolute Gasteiger partial charge is 0.295 e. The Morgan fingerprint density at radius 1 is 0.917 bits per heavy atom. The first kappa shape index (κ1) is 24.0. The molecular weight excluding hydrogens is 464 g/mol. The van der Waals surface area contributed by atoms with Crippen molar-refractivity contribution in [2.45, 2.75) is 43.8 Å². The summed E-state index contributed by atoms with van der Waals surface area (Å²) in [5.41, 5.74) is 2.16. The summed E-state index contributed by atoms with van der Waals surface area (Å²) in [6, 6.07) is 7.50. The molecule has 9 nitrogen and oxygen atoms in total. The van der Waals surface area contributed by atoms with Gasteiger partial charge in [-0.25, -0.2) is 0 Å². The number of Topliss-reactive ketones (excluding diaryl/α,β-unsaturated/α-hetero) is 1. The quantitative estimate of drug-likeness (QED) is 0.450. The van der Waals surface area contributed by atoms with Crippen molar-refractivity contribution >= 4 is 17.6 Å². The maximum absolute atomic E-state index is 13.8. The second-order valence-corrected chi connectivity index (χ2v) is 9.22. The van der Waals surface area contributed by atoms with Crippen molar-refractivity contribution in [1.29, 1.82) is 0 Å². The van der Waals surface area contributed by atoms with Crippen molar-refractivity contribution in [3.05, 3.63) is 47.0 Å². The number of carbonyl (C=O) groups excluding carboxylic acids is 3. The molecule has 3 heterocycles. The summed E-state index contributed by atoms with van der Waals surface area (Å²) in [6.07, 6.45) is 2.75. The fourth-order valence-electron chi connectivity index (χ4n) is 6.04. The number of ether oxygens (including phenoxy) is 4. The number of nitrogens with zero attached hydrogens (tertiary/aromatic N) is 2. The van der Waals surface area contributed by atoms with Gasteiger partial charge in [0.15, 0.2) is 11.5 Å². The molecule has 3 aliphatic heterocycles. The minimum Gasteiger partial charge on any atom is -0.496 e. The molecule has 2 saturated heterocycles. The van der Waals surface area contributed by atoms with E-state index >= 15 is 0 Å². The number of piperazine rings is 1. The standard InChI is InChI=1S/C27H30N2O7/c1-33-20-10-5-7-17-16(20)11-12-28-23(17)18-8-6-9-19(26(28)31)29(18)27(32)24(30)15-13-21(34-2)25(36-4)22(14-15)35-3/h5,7,10,13-14,18-19,23H,6,8-9,11-12H2,1-4H3. The SMILES string of the molecule is COc1cccc2c1CCN1C(=O)C3CCCC(C21)N3C(=O)C(=O)c1cc(OC)c(OC)c(OC)c1. The lowest BCUT2D eigenvalue weighted by Gasteiger charge is -2.55. The Morgan fingerprint density at radius 2 is 1.61 bits per heavy atom. The van der Waals surface area contributed by atoms with Crippen LogP contribution >= 0.6 is 0 Å². The molecule has 2 fully saturated rings. The molecular formula is C27H30N2O7. The van der Waals surface area contributed by atoms with E-state index in [0.29, 0.717) is 31.6 Å². The van der Waals surface area contributed by atoms with Gasteiger partial charge in [0.25, 0.3) is 11.7 Å². The molecule has 190 valence electrons. The third-order valence-electron chi connectivity index (χ3n) is 7.61. The van der Waals surface area contributed by atoms with Crippen LogP contribution in [-0.4, -0.2) is 74.5 Å². The zero-order chi connectivity index (χ0) is 25.6. The highest BCUT2D eigenvalue weighted by Crippen LogP contribution is 2.46. The Balaban J connectivity index is 1.54. The average Bonchev–Trinajstić information content (AvgIpc) is 2.92. The number of piperidine rings is 1. The first-order valence-electron chi connectivity index (χ1n) is 12.1. The van der Waals surface area contributed by atoms with Crippen molar-refractivity contribution in [2.75, 3.05) is 35.0 Å². The molecule has 2 amide bonds. The number of hydrogen-bond acceptors (Lipinski definition) is 7. The lowest BCUT2D eigenvalue weighted by Crippen LogP contribution is -2.68. The molecule has 2 aromatic carbocycles. The molecule has 2 bridgehead atoms. The monoisotopic (exact) mass is 494 g/mol. The van der Waals surface area contributed by atoms with Gasteiger partial charge in [-0.05, 0) is 49.4 Å². The molecule has 3 unspecified atom stereocenters. The summed E-state index contributed by atoms with van der Waals surface area (Å²) in [5, 5.41) is 0. The molecule has 5 rings (SSSR count). The van der Waals surface area contributed by atoms with Crippen LogP contribution in [0.15, 0.2) is 30.3 Å². The van der Waals surface area contributed by atoms with Crippen LogP contribution in [0, 0.1) is 0 Å². The summed E-state index contributed by atoms with van der Waals surface area (Å²) in [4.78, 5) is 44.4. The number of methoxy groups -OCH3 is 4. The summed E-state index contributed by atoms with van der Waals surface area (Å²) in [7, 11) is 6.00. The molecule has 3 aliphatic rings. The molecule has 2 aromatic rings. The van der Waals surface area contributed by atoms with Crippen molar-refractivity contribution in [1.82, 2.24) is 9.80 Å². The van der Waals surface area contributed by atoms with E-state index in [1.165, 1.54) is 38.4 Å². The number of benzene rings is 2. The van der Waals surface area contributed by atoms with Crippen LogP contribution in [0.25, 0.3) is 0 Å². The van der Waals surface area contributed by atoms with Gasteiger partial charge < -0.3 is 28.7 Å². The Hall–Kier alpha value is -3.75. The van der Waals surface area contributed by atoms with Crippen molar-refractivity contribution in [3.63, 3.8) is 0 Å². The van der Waals surface area contributed by atoms with Crippen LogP contribution in [0.2, 0.25) is 0 Å². The van der Waals surface area contributed by atoms with Gasteiger partial charge in [-0.2, -0.15) is 0 Å². The number of hydrogen-bond donors (Lipinski definition) is 0. The van der Waals surface area contributed by atoms with E-state index in [-0.39, 0.29) is 35.1 Å². The van der Waals surface area contributed by atoms with Gasteiger partial charge in [0.2, 0.25) is 11.7 Å². The topological polar surface area (TPSA) is 94.6 Å². The third kappa shape index (κ3) is 3.56. The van der Waals surface area contributed by atoms with Crippen LogP contribution in [0.3, 0.4) is 0 Å². The highest BCUT2D eigenvalue weighted by molar-refractivity contribution is 6.43. The van der Waals surface area contributed by atoms with Crippen molar-refractivity contribution in [3.8, 4) is 23.0 Å². The first-order chi connectivity index (χ1) is 17.4. The van der Waals surface area contributed by atoms with Crippen LogP contribution in [0.1, 0.15) is 46.8 Å². The molecule has 0 N–H and O–H groups in total. The van der Waals surface area contributed by atoms with Gasteiger partial charge in [-0.15, -0.1) is 0 Å². The zero-order valence-electron chi connectivity index (χ0n) is 20.9. The molecule has 0 aromatic heterocycles. The lowest BCUT2D eigenvalue weighted by atomic mass is 9.78. The largest absolute Gasteiger partial charge is 0.496 e. The Morgan fingerprint density at radius 3 is 2.25 bits per heavy atom. The van der Waals surface area contributed by atoms with Gasteiger partial charge in [0, 0.05) is 17.7 Å². The number of amides is 2. The highest BCUT2D eigenvalue weighted by Gasteiger charge is 2.53. The van der Waals surface area contributed by atoms with Crippen LogP contribution < -0.4 is 18.9 Å². The maximum Gasteiger partial charge on any atom is 0.295 e. The molecule has 9 heteroatoms. The molecule has 0 radical (unpaired) electrons. The number of carbonyl (C=O) groups is 3. The second-order valence-electron chi connectivity index (χ2n) is 9.22. The van der Waals surface area contributed by atoms with E-state index in [1.807, 2.05) is 23.1 Å². The number of fused-ring (bicyclic) bond motifs is 6. The molecule has 0 aliphatic carbocycles. The van der Waals surface area contributed by atoms with E-state index in [9.17, 15) is 14.4 Å². The fraction of sp³-hybridized carbons (Fsp3) is 0.444. The summed E-state index contributed by atoms with van der Waals surface area (Å²) in [5.74, 6) is 0.164.